The predicted molar refractivity (Wildman–Crippen MR) is 101 cm³/mol. The molecule has 1 saturated heterocycles. The molecule has 5 heteroatoms. The SMILES string of the molecule is CC1C(=O)CC2=C(C(=O)c3ccccc3C2=O)C1CCCN1CCOCC1. The Bertz CT molecular complexity index is 819. The van der Waals surface area contributed by atoms with E-state index in [2.05, 4.69) is 4.90 Å². The molecule has 0 bridgehead atoms. The number of ketones is 3. The van der Waals surface area contributed by atoms with E-state index in [1.165, 1.54) is 0 Å². The maximum atomic E-state index is 13.2. The van der Waals surface area contributed by atoms with Crippen LogP contribution in [0.5, 0.6) is 0 Å². The fourth-order valence-electron chi connectivity index (χ4n) is 4.58. The summed E-state index contributed by atoms with van der Waals surface area (Å²) < 4.78 is 5.38. The predicted octanol–water partition coefficient (Wildman–Crippen LogP) is 2.70. The van der Waals surface area contributed by atoms with E-state index in [0.29, 0.717) is 22.3 Å². The van der Waals surface area contributed by atoms with Crippen molar-refractivity contribution < 1.29 is 19.1 Å². The van der Waals surface area contributed by atoms with Crippen molar-refractivity contribution in [3.63, 3.8) is 0 Å². The van der Waals surface area contributed by atoms with Crippen molar-refractivity contribution in [2.24, 2.45) is 11.8 Å². The van der Waals surface area contributed by atoms with Crippen molar-refractivity contribution in [2.75, 3.05) is 32.8 Å². The van der Waals surface area contributed by atoms with Crippen molar-refractivity contribution in [3.8, 4) is 0 Å². The monoisotopic (exact) mass is 367 g/mol. The van der Waals surface area contributed by atoms with E-state index in [9.17, 15) is 14.4 Å². The van der Waals surface area contributed by atoms with E-state index in [0.717, 1.165) is 45.7 Å². The van der Waals surface area contributed by atoms with Crippen LogP contribution >= 0.6 is 0 Å². The van der Waals surface area contributed by atoms with Crippen LogP contribution in [-0.4, -0.2) is 55.1 Å². The molecule has 1 aromatic rings. The van der Waals surface area contributed by atoms with Gasteiger partial charge in [0, 0.05) is 47.7 Å². The Balaban J connectivity index is 1.58. The summed E-state index contributed by atoms with van der Waals surface area (Å²) in [5.74, 6) is -0.497. The molecule has 142 valence electrons. The van der Waals surface area contributed by atoms with E-state index >= 15 is 0 Å². The molecular formula is C22H25NO4. The molecule has 0 spiro atoms. The Morgan fingerprint density at radius 3 is 2.41 bits per heavy atom. The van der Waals surface area contributed by atoms with Crippen LogP contribution in [0, 0.1) is 11.8 Å². The Morgan fingerprint density at radius 2 is 1.70 bits per heavy atom. The third-order valence-electron chi connectivity index (χ3n) is 6.19. The van der Waals surface area contributed by atoms with Crippen LogP contribution in [0.25, 0.3) is 0 Å². The molecule has 1 fully saturated rings. The molecule has 1 aromatic carbocycles. The van der Waals surface area contributed by atoms with Crippen molar-refractivity contribution >= 4 is 17.3 Å². The van der Waals surface area contributed by atoms with Gasteiger partial charge in [0.25, 0.3) is 0 Å². The molecule has 27 heavy (non-hydrogen) atoms. The summed E-state index contributed by atoms with van der Waals surface area (Å²) in [4.78, 5) is 41.0. The van der Waals surface area contributed by atoms with Gasteiger partial charge in [0.1, 0.15) is 5.78 Å². The van der Waals surface area contributed by atoms with E-state index in [4.69, 9.17) is 4.74 Å². The first-order valence-electron chi connectivity index (χ1n) is 9.82. The normalized spacial score (nSPS) is 26.2. The van der Waals surface area contributed by atoms with Crippen molar-refractivity contribution in [2.45, 2.75) is 26.2 Å². The standard InChI is InChI=1S/C22H25NO4/c1-14-15(7-4-8-23-9-11-27-12-10-23)20-18(13-19(14)24)21(25)16-5-2-3-6-17(16)22(20)26/h2-3,5-6,14-15H,4,7-13H2,1H3. The summed E-state index contributed by atoms with van der Waals surface area (Å²) >= 11 is 0. The topological polar surface area (TPSA) is 63.7 Å². The van der Waals surface area contributed by atoms with Gasteiger partial charge in [0.15, 0.2) is 11.6 Å². The molecule has 0 radical (unpaired) electrons. The first-order valence-corrected chi connectivity index (χ1v) is 9.82. The molecule has 2 atom stereocenters. The number of Topliss-reactive ketones (excluding diaryl/α,β-unsaturated/α-hetero) is 3. The zero-order chi connectivity index (χ0) is 19.0. The lowest BCUT2D eigenvalue weighted by Crippen LogP contribution is -2.39. The number of nitrogens with zero attached hydrogens (tertiary/aromatic N) is 1. The van der Waals surface area contributed by atoms with Crippen molar-refractivity contribution in [1.82, 2.24) is 4.90 Å². The molecule has 0 amide bonds. The number of carbonyl (C=O) groups is 3. The second-order valence-corrected chi connectivity index (χ2v) is 7.73. The Morgan fingerprint density at radius 1 is 1.04 bits per heavy atom. The van der Waals surface area contributed by atoms with Gasteiger partial charge >= 0.3 is 0 Å². The third kappa shape index (κ3) is 3.30. The summed E-state index contributed by atoms with van der Waals surface area (Å²) in [6.07, 6.45) is 1.75. The molecule has 0 N–H and O–H groups in total. The van der Waals surface area contributed by atoms with E-state index < -0.39 is 0 Å². The number of allylic oxidation sites excluding steroid dienone is 2. The van der Waals surface area contributed by atoms with Crippen LogP contribution in [0.15, 0.2) is 35.4 Å². The molecule has 0 aromatic heterocycles. The summed E-state index contributed by atoms with van der Waals surface area (Å²) in [7, 11) is 0. The number of morpholine rings is 1. The number of fused-ring (bicyclic) bond motifs is 1. The van der Waals surface area contributed by atoms with Gasteiger partial charge in [-0.25, -0.2) is 0 Å². The first-order chi connectivity index (χ1) is 13.1. The Hall–Kier alpha value is -2.11. The zero-order valence-electron chi connectivity index (χ0n) is 15.7. The number of hydrogen-bond acceptors (Lipinski definition) is 5. The average Bonchev–Trinajstić information content (AvgIpc) is 2.70. The molecule has 0 saturated carbocycles. The molecule has 2 unspecified atom stereocenters. The van der Waals surface area contributed by atoms with Gasteiger partial charge in [-0.3, -0.25) is 19.3 Å². The van der Waals surface area contributed by atoms with Crippen molar-refractivity contribution in [3.05, 3.63) is 46.5 Å². The van der Waals surface area contributed by atoms with Crippen LogP contribution in [0.1, 0.15) is 46.9 Å². The second kappa shape index (κ2) is 7.49. The maximum absolute atomic E-state index is 13.2. The van der Waals surface area contributed by atoms with Crippen LogP contribution < -0.4 is 0 Å². The van der Waals surface area contributed by atoms with E-state index in [1.54, 1.807) is 24.3 Å². The van der Waals surface area contributed by atoms with Crippen LogP contribution in [0.2, 0.25) is 0 Å². The maximum Gasteiger partial charge on any atom is 0.190 e. The number of benzene rings is 1. The average molecular weight is 367 g/mol. The Labute approximate surface area is 159 Å². The smallest absolute Gasteiger partial charge is 0.190 e. The highest BCUT2D eigenvalue weighted by Crippen LogP contribution is 2.41. The molecule has 1 aliphatic heterocycles. The lowest BCUT2D eigenvalue weighted by Gasteiger charge is -2.35. The van der Waals surface area contributed by atoms with Gasteiger partial charge in [-0.1, -0.05) is 31.2 Å². The highest BCUT2D eigenvalue weighted by Gasteiger charge is 2.43. The number of rotatable bonds is 4. The minimum absolute atomic E-state index is 0.0593. The zero-order valence-corrected chi connectivity index (χ0v) is 15.7. The summed E-state index contributed by atoms with van der Waals surface area (Å²) in [6, 6.07) is 6.98. The van der Waals surface area contributed by atoms with Crippen molar-refractivity contribution in [1.29, 1.82) is 0 Å². The minimum Gasteiger partial charge on any atom is -0.379 e. The summed E-state index contributed by atoms with van der Waals surface area (Å²) in [6.45, 7) is 6.22. The van der Waals surface area contributed by atoms with Gasteiger partial charge in [0.05, 0.1) is 13.2 Å². The second-order valence-electron chi connectivity index (χ2n) is 7.73. The molecule has 5 nitrogen and oxygen atoms in total. The number of hydrogen-bond donors (Lipinski definition) is 0. The molecule has 4 rings (SSSR count). The highest BCUT2D eigenvalue weighted by molar-refractivity contribution is 6.28. The number of ether oxygens (including phenoxy) is 1. The molecule has 2 aliphatic carbocycles. The first kappa shape index (κ1) is 18.3. The molecule has 3 aliphatic rings. The summed E-state index contributed by atoms with van der Waals surface area (Å²) in [5, 5.41) is 0. The lowest BCUT2D eigenvalue weighted by atomic mass is 9.67. The lowest BCUT2D eigenvalue weighted by molar-refractivity contribution is -0.123. The largest absolute Gasteiger partial charge is 0.379 e. The van der Waals surface area contributed by atoms with Gasteiger partial charge in [-0.15, -0.1) is 0 Å². The molecular weight excluding hydrogens is 342 g/mol. The molecule has 1 heterocycles. The number of carbonyl (C=O) groups excluding carboxylic acids is 3. The minimum atomic E-state index is -0.213. The van der Waals surface area contributed by atoms with Crippen LogP contribution in [0.4, 0.5) is 0 Å². The Kier molecular flexibility index (Phi) is 5.06. The van der Waals surface area contributed by atoms with E-state index in [-0.39, 0.29) is 35.6 Å². The van der Waals surface area contributed by atoms with E-state index in [1.807, 2.05) is 6.92 Å². The van der Waals surface area contributed by atoms with Gasteiger partial charge in [-0.2, -0.15) is 0 Å². The van der Waals surface area contributed by atoms with Gasteiger partial charge in [0.2, 0.25) is 0 Å². The highest BCUT2D eigenvalue weighted by atomic mass is 16.5. The quantitative estimate of drug-likeness (QED) is 0.819. The van der Waals surface area contributed by atoms with Gasteiger partial charge in [-0.05, 0) is 25.3 Å². The third-order valence-corrected chi connectivity index (χ3v) is 6.19. The van der Waals surface area contributed by atoms with Crippen LogP contribution in [-0.2, 0) is 9.53 Å². The van der Waals surface area contributed by atoms with Gasteiger partial charge < -0.3 is 4.74 Å². The van der Waals surface area contributed by atoms with Crippen LogP contribution in [0.3, 0.4) is 0 Å². The fraction of sp³-hybridized carbons (Fsp3) is 0.500. The summed E-state index contributed by atoms with van der Waals surface area (Å²) in [5.41, 5.74) is 1.97. The fourth-order valence-corrected chi connectivity index (χ4v) is 4.58.